The zero-order valence-corrected chi connectivity index (χ0v) is 11.2. The summed E-state index contributed by atoms with van der Waals surface area (Å²) in [6.07, 6.45) is 0.839. The van der Waals surface area contributed by atoms with Gasteiger partial charge >= 0.3 is 0 Å². The van der Waals surface area contributed by atoms with Gasteiger partial charge in [0.05, 0.1) is 12.6 Å². The van der Waals surface area contributed by atoms with Crippen LogP contribution in [0.4, 0.5) is 0 Å². The van der Waals surface area contributed by atoms with Crippen molar-refractivity contribution in [3.05, 3.63) is 71.3 Å². The van der Waals surface area contributed by atoms with Crippen molar-refractivity contribution in [2.24, 2.45) is 0 Å². The Hall–Kier alpha value is -2.13. The van der Waals surface area contributed by atoms with Gasteiger partial charge in [-0.1, -0.05) is 48.5 Å². The summed E-state index contributed by atoms with van der Waals surface area (Å²) < 4.78 is 0. The number of carbonyl (C=O) groups is 1. The second-order valence-electron chi connectivity index (χ2n) is 5.01. The molecule has 0 bridgehead atoms. The highest BCUT2D eigenvalue weighted by molar-refractivity contribution is 5.97. The molecule has 0 spiro atoms. The van der Waals surface area contributed by atoms with Crippen LogP contribution < -0.4 is 0 Å². The average Bonchev–Trinajstić information content (AvgIpc) is 2.51. The smallest absolute Gasteiger partial charge is 0.254 e. The maximum Gasteiger partial charge on any atom is 0.254 e. The minimum absolute atomic E-state index is 0.00903. The lowest BCUT2D eigenvalue weighted by Gasteiger charge is -2.34. The molecule has 0 aromatic heterocycles. The summed E-state index contributed by atoms with van der Waals surface area (Å²) >= 11 is 0. The summed E-state index contributed by atoms with van der Waals surface area (Å²) in [5, 5.41) is 9.70. The molecule has 1 atom stereocenters. The number of aliphatic hydroxyl groups excluding tert-OH is 1. The molecule has 20 heavy (non-hydrogen) atoms. The van der Waals surface area contributed by atoms with Crippen LogP contribution in [0.3, 0.4) is 0 Å². The molecule has 2 aromatic rings. The molecule has 0 aliphatic carbocycles. The first kappa shape index (κ1) is 12.9. The molecule has 1 heterocycles. The van der Waals surface area contributed by atoms with Crippen LogP contribution in [0.25, 0.3) is 0 Å². The Morgan fingerprint density at radius 3 is 2.50 bits per heavy atom. The molecule has 0 radical (unpaired) electrons. The lowest BCUT2D eigenvalue weighted by atomic mass is 9.96. The third kappa shape index (κ3) is 2.21. The van der Waals surface area contributed by atoms with Gasteiger partial charge in [0, 0.05) is 12.1 Å². The Bertz CT molecular complexity index is 609. The zero-order valence-electron chi connectivity index (χ0n) is 11.2. The zero-order chi connectivity index (χ0) is 13.9. The van der Waals surface area contributed by atoms with Crippen molar-refractivity contribution in [2.45, 2.75) is 12.5 Å². The van der Waals surface area contributed by atoms with E-state index in [0.717, 1.165) is 23.1 Å². The van der Waals surface area contributed by atoms with Crippen LogP contribution >= 0.6 is 0 Å². The minimum Gasteiger partial charge on any atom is -0.394 e. The van der Waals surface area contributed by atoms with E-state index in [1.807, 2.05) is 54.6 Å². The number of rotatable bonds is 3. The first-order chi connectivity index (χ1) is 9.81. The largest absolute Gasteiger partial charge is 0.394 e. The Morgan fingerprint density at radius 1 is 1.05 bits per heavy atom. The van der Waals surface area contributed by atoms with Gasteiger partial charge in [-0.15, -0.1) is 0 Å². The Labute approximate surface area is 118 Å². The van der Waals surface area contributed by atoms with Crippen LogP contribution in [0, 0.1) is 0 Å². The maximum absolute atomic E-state index is 12.6. The summed E-state index contributed by atoms with van der Waals surface area (Å²) in [7, 11) is 0. The normalized spacial score (nSPS) is 15.8. The van der Waals surface area contributed by atoms with Crippen LogP contribution in [-0.2, 0) is 6.42 Å². The molecular weight excluding hydrogens is 250 g/mol. The van der Waals surface area contributed by atoms with E-state index in [4.69, 9.17) is 0 Å². The molecule has 2 aromatic carbocycles. The monoisotopic (exact) mass is 267 g/mol. The number of benzene rings is 2. The number of nitrogens with zero attached hydrogens (tertiary/aromatic N) is 1. The Balaban J connectivity index is 1.93. The average molecular weight is 267 g/mol. The summed E-state index contributed by atoms with van der Waals surface area (Å²) in [5.41, 5.74) is 2.83. The molecule has 3 heteroatoms. The van der Waals surface area contributed by atoms with Crippen LogP contribution in [0.5, 0.6) is 0 Å². The lowest BCUT2D eigenvalue weighted by molar-refractivity contribution is 0.0570. The summed E-state index contributed by atoms with van der Waals surface area (Å²) in [4.78, 5) is 14.4. The third-order valence-electron chi connectivity index (χ3n) is 3.86. The first-order valence-electron chi connectivity index (χ1n) is 6.86. The van der Waals surface area contributed by atoms with Gasteiger partial charge in [0.1, 0.15) is 0 Å². The Kier molecular flexibility index (Phi) is 3.52. The molecule has 0 saturated heterocycles. The standard InChI is InChI=1S/C17H17NO2/c19-12-16(14-7-2-1-3-8-14)18-11-10-13-6-4-5-9-15(13)17(18)20/h1-9,16,19H,10-12H2/t16-/m0/s1. The van der Waals surface area contributed by atoms with E-state index in [0.29, 0.717) is 6.54 Å². The molecule has 3 nitrogen and oxygen atoms in total. The van der Waals surface area contributed by atoms with Crippen molar-refractivity contribution in [3.8, 4) is 0 Å². The molecule has 1 N–H and O–H groups in total. The fourth-order valence-electron chi connectivity index (χ4n) is 2.80. The van der Waals surface area contributed by atoms with Crippen LogP contribution in [0.2, 0.25) is 0 Å². The predicted octanol–water partition coefficient (Wildman–Crippen LogP) is 2.42. The third-order valence-corrected chi connectivity index (χ3v) is 3.86. The van der Waals surface area contributed by atoms with E-state index in [1.165, 1.54) is 0 Å². The van der Waals surface area contributed by atoms with Gasteiger partial charge in [-0.2, -0.15) is 0 Å². The first-order valence-corrected chi connectivity index (χ1v) is 6.86. The summed E-state index contributed by atoms with van der Waals surface area (Å²) in [6, 6.07) is 17.1. The van der Waals surface area contributed by atoms with Crippen LogP contribution in [0.15, 0.2) is 54.6 Å². The van der Waals surface area contributed by atoms with Gasteiger partial charge in [-0.3, -0.25) is 4.79 Å². The van der Waals surface area contributed by atoms with E-state index in [2.05, 4.69) is 0 Å². The van der Waals surface area contributed by atoms with Gasteiger partial charge < -0.3 is 10.0 Å². The number of hydrogen-bond acceptors (Lipinski definition) is 2. The lowest BCUT2D eigenvalue weighted by Crippen LogP contribution is -2.41. The molecule has 1 aliphatic rings. The summed E-state index contributed by atoms with van der Waals surface area (Å²) in [6.45, 7) is 0.591. The molecular formula is C17H17NO2. The van der Waals surface area contributed by atoms with Crippen molar-refractivity contribution >= 4 is 5.91 Å². The van der Waals surface area contributed by atoms with Gasteiger partial charge in [-0.05, 0) is 23.6 Å². The molecule has 1 aliphatic heterocycles. The van der Waals surface area contributed by atoms with Crippen molar-refractivity contribution in [1.29, 1.82) is 0 Å². The maximum atomic E-state index is 12.6. The van der Waals surface area contributed by atoms with Crippen molar-refractivity contribution < 1.29 is 9.90 Å². The second kappa shape index (κ2) is 5.47. The molecule has 0 unspecified atom stereocenters. The van der Waals surface area contributed by atoms with Crippen LogP contribution in [0.1, 0.15) is 27.5 Å². The molecule has 0 saturated carbocycles. The highest BCUT2D eigenvalue weighted by Crippen LogP contribution is 2.27. The minimum atomic E-state index is -0.267. The van der Waals surface area contributed by atoms with Crippen LogP contribution in [-0.4, -0.2) is 29.1 Å². The number of aliphatic hydroxyl groups is 1. The number of hydrogen-bond donors (Lipinski definition) is 1. The SMILES string of the molecule is O=C1c2ccccc2CCN1[C@@H](CO)c1ccccc1. The topological polar surface area (TPSA) is 40.5 Å². The van der Waals surface area contributed by atoms with E-state index < -0.39 is 0 Å². The van der Waals surface area contributed by atoms with E-state index in [1.54, 1.807) is 4.90 Å². The van der Waals surface area contributed by atoms with Crippen molar-refractivity contribution in [3.63, 3.8) is 0 Å². The fraction of sp³-hybridized carbons (Fsp3) is 0.235. The Morgan fingerprint density at radius 2 is 1.75 bits per heavy atom. The van der Waals surface area contributed by atoms with Gasteiger partial charge in [0.15, 0.2) is 0 Å². The quantitative estimate of drug-likeness (QED) is 0.927. The fourth-order valence-corrected chi connectivity index (χ4v) is 2.80. The van der Waals surface area contributed by atoms with Gasteiger partial charge in [0.2, 0.25) is 0 Å². The highest BCUT2D eigenvalue weighted by Gasteiger charge is 2.30. The van der Waals surface area contributed by atoms with Gasteiger partial charge in [0.25, 0.3) is 5.91 Å². The molecule has 1 amide bonds. The predicted molar refractivity (Wildman–Crippen MR) is 77.5 cm³/mol. The number of amides is 1. The summed E-state index contributed by atoms with van der Waals surface area (Å²) in [5.74, 6) is 0.00903. The molecule has 102 valence electrons. The van der Waals surface area contributed by atoms with Gasteiger partial charge in [-0.25, -0.2) is 0 Å². The highest BCUT2D eigenvalue weighted by atomic mass is 16.3. The van der Waals surface area contributed by atoms with E-state index >= 15 is 0 Å². The van der Waals surface area contributed by atoms with E-state index in [-0.39, 0.29) is 18.6 Å². The van der Waals surface area contributed by atoms with Crippen molar-refractivity contribution in [1.82, 2.24) is 4.90 Å². The molecule has 0 fully saturated rings. The molecule has 3 rings (SSSR count). The second-order valence-corrected chi connectivity index (χ2v) is 5.01. The van der Waals surface area contributed by atoms with Crippen molar-refractivity contribution in [2.75, 3.05) is 13.2 Å². The number of carbonyl (C=O) groups excluding carboxylic acids is 1. The number of fused-ring (bicyclic) bond motifs is 1. The van der Waals surface area contributed by atoms with E-state index in [9.17, 15) is 9.90 Å².